The van der Waals surface area contributed by atoms with Crippen molar-refractivity contribution in [2.75, 3.05) is 58.0 Å². The molecule has 1 fully saturated rings. The van der Waals surface area contributed by atoms with Crippen LogP contribution < -0.4 is 23.8 Å². The van der Waals surface area contributed by atoms with E-state index in [1.807, 2.05) is 12.1 Å². The van der Waals surface area contributed by atoms with Crippen LogP contribution in [0, 0.1) is 0 Å². The van der Waals surface area contributed by atoms with Crippen LogP contribution in [0.25, 0.3) is 10.9 Å². The number of amides is 1. The Bertz CT molecular complexity index is 1230. The molecule has 0 atom stereocenters. The van der Waals surface area contributed by atoms with Gasteiger partial charge in [0.25, 0.3) is 5.91 Å². The van der Waals surface area contributed by atoms with Crippen molar-refractivity contribution in [1.29, 1.82) is 0 Å². The topological polar surface area (TPSA) is 86.3 Å². The van der Waals surface area contributed by atoms with Gasteiger partial charge in [-0.15, -0.1) is 0 Å². The largest absolute Gasteiger partial charge is 0.495 e. The van der Waals surface area contributed by atoms with E-state index in [2.05, 4.69) is 14.9 Å². The van der Waals surface area contributed by atoms with Crippen molar-refractivity contribution in [1.82, 2.24) is 14.9 Å². The van der Waals surface area contributed by atoms with E-state index in [-0.39, 0.29) is 12.5 Å². The summed E-state index contributed by atoms with van der Waals surface area (Å²) in [6.07, 6.45) is 1.54. The van der Waals surface area contributed by atoms with Crippen molar-refractivity contribution in [2.45, 2.75) is 0 Å². The van der Waals surface area contributed by atoms with E-state index in [4.69, 9.17) is 42.1 Å². The molecule has 11 heteroatoms. The fraction of sp³-hybridized carbons (Fsp3) is 0.348. The van der Waals surface area contributed by atoms with Gasteiger partial charge < -0.3 is 28.7 Å². The lowest BCUT2D eigenvalue weighted by molar-refractivity contribution is -0.133. The van der Waals surface area contributed by atoms with Gasteiger partial charge in [-0.2, -0.15) is 0 Å². The summed E-state index contributed by atoms with van der Waals surface area (Å²) in [6, 6.07) is 6.90. The number of hydrogen-bond acceptors (Lipinski definition) is 8. The third-order valence-electron chi connectivity index (χ3n) is 5.77. The molecule has 34 heavy (non-hydrogen) atoms. The number of fused-ring (bicyclic) bond motifs is 2. The van der Waals surface area contributed by atoms with Crippen molar-refractivity contribution in [3.05, 3.63) is 40.6 Å². The Morgan fingerprint density at radius 2 is 1.68 bits per heavy atom. The summed E-state index contributed by atoms with van der Waals surface area (Å²) in [5, 5.41) is 1.58. The number of benzene rings is 2. The minimum absolute atomic E-state index is 0.128. The smallest absolute Gasteiger partial charge is 0.260 e. The van der Waals surface area contributed by atoms with Gasteiger partial charge in [-0.05, 0) is 12.1 Å². The second-order valence-corrected chi connectivity index (χ2v) is 8.60. The van der Waals surface area contributed by atoms with Crippen LogP contribution in [0.2, 0.25) is 10.0 Å². The molecule has 0 aliphatic carbocycles. The van der Waals surface area contributed by atoms with Crippen LogP contribution in [0.3, 0.4) is 0 Å². The fourth-order valence-electron chi connectivity index (χ4n) is 4.01. The highest BCUT2D eigenvalue weighted by Gasteiger charge is 2.25. The van der Waals surface area contributed by atoms with Gasteiger partial charge in [-0.25, -0.2) is 9.97 Å². The van der Waals surface area contributed by atoms with Gasteiger partial charge in [0.15, 0.2) is 18.1 Å². The Hall–Kier alpha value is -3.17. The predicted molar refractivity (Wildman–Crippen MR) is 128 cm³/mol. The zero-order chi connectivity index (χ0) is 23.7. The molecule has 1 amide bonds. The molecule has 3 heterocycles. The lowest BCUT2D eigenvalue weighted by atomic mass is 10.1. The normalized spacial score (nSPS) is 15.4. The number of ether oxygens (including phenoxy) is 4. The molecule has 0 radical (unpaired) electrons. The lowest BCUT2D eigenvalue weighted by Crippen LogP contribution is -2.50. The van der Waals surface area contributed by atoms with E-state index >= 15 is 0 Å². The van der Waals surface area contributed by atoms with Crippen molar-refractivity contribution >= 4 is 45.8 Å². The first-order chi connectivity index (χ1) is 16.5. The summed E-state index contributed by atoms with van der Waals surface area (Å²) in [4.78, 5) is 25.5. The van der Waals surface area contributed by atoms with Crippen molar-refractivity contribution < 1.29 is 23.7 Å². The van der Waals surface area contributed by atoms with Crippen LogP contribution in [-0.4, -0.2) is 73.9 Å². The van der Waals surface area contributed by atoms with Crippen LogP contribution >= 0.6 is 23.2 Å². The minimum atomic E-state index is -0.135. The Labute approximate surface area is 206 Å². The van der Waals surface area contributed by atoms with Gasteiger partial charge in [0.1, 0.15) is 36.9 Å². The standard InChI is InChI=1S/C23H22Cl2N4O5/c1-31-18-11-19(16(25)9-15(18)24)34-12-22(30)28-2-4-29(5-3-28)23-14-8-20-21(33-7-6-32-20)10-17(14)26-13-27-23/h8-11,13H,2-7,12H2,1H3. The molecule has 0 saturated carbocycles. The summed E-state index contributed by atoms with van der Waals surface area (Å²) >= 11 is 12.2. The molecule has 0 spiro atoms. The van der Waals surface area contributed by atoms with Crippen LogP contribution in [0.4, 0.5) is 5.82 Å². The number of anilines is 1. The molecule has 0 N–H and O–H groups in total. The zero-order valence-electron chi connectivity index (χ0n) is 18.4. The SMILES string of the molecule is COc1cc(OCC(=O)N2CCN(c3ncnc4cc5c(cc34)OCCO5)CC2)c(Cl)cc1Cl. The van der Waals surface area contributed by atoms with Gasteiger partial charge in [-0.1, -0.05) is 23.2 Å². The number of hydrogen-bond donors (Lipinski definition) is 0. The highest BCUT2D eigenvalue weighted by Crippen LogP contribution is 2.37. The van der Waals surface area contributed by atoms with E-state index in [0.29, 0.717) is 72.4 Å². The molecular formula is C23H22Cl2N4O5. The van der Waals surface area contributed by atoms with Crippen LogP contribution in [-0.2, 0) is 4.79 Å². The van der Waals surface area contributed by atoms with Gasteiger partial charge in [0.2, 0.25) is 0 Å². The first kappa shape index (κ1) is 22.6. The quantitative estimate of drug-likeness (QED) is 0.522. The summed E-state index contributed by atoms with van der Waals surface area (Å²) in [6.45, 7) is 3.23. The maximum Gasteiger partial charge on any atom is 0.260 e. The molecule has 3 aromatic rings. The summed E-state index contributed by atoms with van der Waals surface area (Å²) in [7, 11) is 1.50. The van der Waals surface area contributed by atoms with Crippen molar-refractivity contribution in [3.8, 4) is 23.0 Å². The molecule has 1 saturated heterocycles. The van der Waals surface area contributed by atoms with E-state index in [1.54, 1.807) is 17.3 Å². The summed E-state index contributed by atoms with van der Waals surface area (Å²) < 4.78 is 22.2. The summed E-state index contributed by atoms with van der Waals surface area (Å²) in [5.41, 5.74) is 0.788. The molecule has 0 unspecified atom stereocenters. The summed E-state index contributed by atoms with van der Waals surface area (Å²) in [5.74, 6) is 2.84. The molecular weight excluding hydrogens is 483 g/mol. The van der Waals surface area contributed by atoms with Gasteiger partial charge in [0, 0.05) is 43.7 Å². The van der Waals surface area contributed by atoms with E-state index < -0.39 is 0 Å². The average molecular weight is 505 g/mol. The van der Waals surface area contributed by atoms with Gasteiger partial charge in [0.05, 0.1) is 22.7 Å². The molecule has 2 aliphatic heterocycles. The van der Waals surface area contributed by atoms with E-state index in [9.17, 15) is 4.79 Å². The van der Waals surface area contributed by atoms with Gasteiger partial charge >= 0.3 is 0 Å². The molecule has 2 aromatic carbocycles. The Morgan fingerprint density at radius 3 is 2.41 bits per heavy atom. The highest BCUT2D eigenvalue weighted by atomic mass is 35.5. The van der Waals surface area contributed by atoms with Crippen LogP contribution in [0.1, 0.15) is 0 Å². The molecule has 178 valence electrons. The van der Waals surface area contributed by atoms with Crippen molar-refractivity contribution in [3.63, 3.8) is 0 Å². The number of nitrogens with zero attached hydrogens (tertiary/aromatic N) is 4. The number of carbonyl (C=O) groups excluding carboxylic acids is 1. The molecule has 9 nitrogen and oxygen atoms in total. The maximum absolute atomic E-state index is 12.7. The lowest BCUT2D eigenvalue weighted by Gasteiger charge is -2.35. The molecule has 1 aromatic heterocycles. The van der Waals surface area contributed by atoms with Gasteiger partial charge in [-0.3, -0.25) is 4.79 Å². The molecule has 0 bridgehead atoms. The third kappa shape index (κ3) is 4.45. The number of halogens is 2. The highest BCUT2D eigenvalue weighted by molar-refractivity contribution is 6.36. The van der Waals surface area contributed by atoms with Crippen LogP contribution in [0.5, 0.6) is 23.0 Å². The second-order valence-electron chi connectivity index (χ2n) is 7.78. The second kappa shape index (κ2) is 9.60. The Morgan fingerprint density at radius 1 is 0.971 bits per heavy atom. The number of methoxy groups -OCH3 is 1. The average Bonchev–Trinajstić information content (AvgIpc) is 2.86. The Kier molecular flexibility index (Phi) is 6.38. The molecule has 5 rings (SSSR count). The van der Waals surface area contributed by atoms with E-state index in [0.717, 1.165) is 16.7 Å². The zero-order valence-corrected chi connectivity index (χ0v) is 19.9. The molecule has 2 aliphatic rings. The first-order valence-corrected chi connectivity index (χ1v) is 11.5. The first-order valence-electron chi connectivity index (χ1n) is 10.8. The van der Waals surface area contributed by atoms with E-state index in [1.165, 1.54) is 13.2 Å². The van der Waals surface area contributed by atoms with Crippen molar-refractivity contribution in [2.24, 2.45) is 0 Å². The number of aromatic nitrogens is 2. The third-order valence-corrected chi connectivity index (χ3v) is 6.36. The monoisotopic (exact) mass is 504 g/mol. The Balaban J connectivity index is 1.24. The maximum atomic E-state index is 12.7. The fourth-order valence-corrected chi connectivity index (χ4v) is 4.52. The number of carbonyl (C=O) groups is 1. The predicted octanol–water partition coefficient (Wildman–Crippen LogP) is 3.44. The minimum Gasteiger partial charge on any atom is -0.495 e. The number of rotatable bonds is 5. The number of piperazine rings is 1. The van der Waals surface area contributed by atoms with Crippen LogP contribution in [0.15, 0.2) is 30.6 Å².